The van der Waals surface area contributed by atoms with E-state index in [2.05, 4.69) is 5.16 Å². The fourth-order valence-corrected chi connectivity index (χ4v) is 2.84. The maximum absolute atomic E-state index is 8.80. The lowest BCUT2D eigenvalue weighted by Gasteiger charge is -2.09. The molecule has 2 aromatic rings. The molecule has 0 aromatic heterocycles. The molecule has 0 aliphatic carbocycles. The highest BCUT2D eigenvalue weighted by Crippen LogP contribution is 2.33. The molecular weight excluding hydrogens is 268 g/mol. The van der Waals surface area contributed by atoms with E-state index in [1.165, 1.54) is 11.8 Å². The molecule has 0 saturated heterocycles. The zero-order chi connectivity index (χ0) is 13.0. The highest BCUT2D eigenvalue weighted by Gasteiger charge is 2.12. The minimum Gasteiger partial charge on any atom is -0.409 e. The number of amidine groups is 1. The molecule has 2 rings (SSSR count). The predicted octanol–water partition coefficient (Wildman–Crippen LogP) is 3.59. The Bertz CT molecular complexity index is 572. The smallest absolute Gasteiger partial charge is 0.172 e. The molecule has 5 heteroatoms. The van der Waals surface area contributed by atoms with Gasteiger partial charge in [0.1, 0.15) is 0 Å². The largest absolute Gasteiger partial charge is 0.409 e. The first-order chi connectivity index (χ1) is 8.72. The van der Waals surface area contributed by atoms with Crippen molar-refractivity contribution in [3.05, 3.63) is 59.1 Å². The minimum atomic E-state index is 0.0130. The van der Waals surface area contributed by atoms with Gasteiger partial charge in [0.2, 0.25) is 0 Å². The van der Waals surface area contributed by atoms with Crippen molar-refractivity contribution in [1.29, 1.82) is 0 Å². The molecule has 0 spiro atoms. The highest BCUT2D eigenvalue weighted by molar-refractivity contribution is 7.99. The van der Waals surface area contributed by atoms with Gasteiger partial charge >= 0.3 is 0 Å². The summed E-state index contributed by atoms with van der Waals surface area (Å²) >= 11 is 7.60. The molecule has 18 heavy (non-hydrogen) atoms. The first-order valence-electron chi connectivity index (χ1n) is 5.21. The number of rotatable bonds is 3. The lowest BCUT2D eigenvalue weighted by molar-refractivity contribution is 0.318. The van der Waals surface area contributed by atoms with Gasteiger partial charge in [0.25, 0.3) is 0 Å². The van der Waals surface area contributed by atoms with Gasteiger partial charge in [0, 0.05) is 9.79 Å². The van der Waals surface area contributed by atoms with Gasteiger partial charge in [-0.25, -0.2) is 0 Å². The van der Waals surface area contributed by atoms with Crippen molar-refractivity contribution < 1.29 is 5.21 Å². The molecule has 0 saturated carbocycles. The van der Waals surface area contributed by atoms with Crippen molar-refractivity contribution in [3.63, 3.8) is 0 Å². The SMILES string of the molecule is NC(=NO)c1c(Cl)cccc1Sc1ccccc1. The summed E-state index contributed by atoms with van der Waals surface area (Å²) in [5, 5.41) is 12.3. The lowest BCUT2D eigenvalue weighted by Crippen LogP contribution is -2.14. The maximum atomic E-state index is 8.80. The average Bonchev–Trinajstić information content (AvgIpc) is 2.39. The Labute approximate surface area is 114 Å². The molecule has 0 unspecified atom stereocenters. The molecule has 0 aliphatic rings. The molecule has 3 nitrogen and oxygen atoms in total. The number of halogens is 1. The second kappa shape index (κ2) is 5.80. The third-order valence-electron chi connectivity index (χ3n) is 2.31. The molecule has 0 atom stereocenters. The zero-order valence-electron chi connectivity index (χ0n) is 9.38. The van der Waals surface area contributed by atoms with Crippen molar-refractivity contribution in [3.8, 4) is 0 Å². The quantitative estimate of drug-likeness (QED) is 0.390. The first-order valence-corrected chi connectivity index (χ1v) is 6.41. The van der Waals surface area contributed by atoms with Gasteiger partial charge in [-0.15, -0.1) is 0 Å². The van der Waals surface area contributed by atoms with Gasteiger partial charge in [-0.05, 0) is 24.3 Å². The van der Waals surface area contributed by atoms with Crippen LogP contribution >= 0.6 is 23.4 Å². The van der Waals surface area contributed by atoms with Crippen LogP contribution in [0.3, 0.4) is 0 Å². The second-order valence-electron chi connectivity index (χ2n) is 3.51. The van der Waals surface area contributed by atoms with Crippen LogP contribution in [0, 0.1) is 0 Å². The molecule has 92 valence electrons. The predicted molar refractivity (Wildman–Crippen MR) is 74.5 cm³/mol. The summed E-state index contributed by atoms with van der Waals surface area (Å²) in [5.74, 6) is 0.0130. The van der Waals surface area contributed by atoms with E-state index in [1.54, 1.807) is 6.07 Å². The molecule has 0 heterocycles. The number of hydrogen-bond donors (Lipinski definition) is 2. The van der Waals surface area contributed by atoms with Crippen molar-refractivity contribution in [2.45, 2.75) is 9.79 Å². The van der Waals surface area contributed by atoms with Crippen LogP contribution in [0.1, 0.15) is 5.56 Å². The normalized spacial score (nSPS) is 11.5. The summed E-state index contributed by atoms with van der Waals surface area (Å²) in [6.45, 7) is 0. The number of nitrogens with two attached hydrogens (primary N) is 1. The van der Waals surface area contributed by atoms with E-state index >= 15 is 0 Å². The molecule has 0 radical (unpaired) electrons. The molecule has 0 bridgehead atoms. The average molecular weight is 279 g/mol. The van der Waals surface area contributed by atoms with Crippen LogP contribution in [-0.4, -0.2) is 11.0 Å². The van der Waals surface area contributed by atoms with Crippen molar-refractivity contribution >= 4 is 29.2 Å². The lowest BCUT2D eigenvalue weighted by atomic mass is 10.2. The van der Waals surface area contributed by atoms with E-state index in [0.717, 1.165) is 9.79 Å². The monoisotopic (exact) mass is 278 g/mol. The van der Waals surface area contributed by atoms with Crippen molar-refractivity contribution in [1.82, 2.24) is 0 Å². The summed E-state index contributed by atoms with van der Waals surface area (Å²) in [7, 11) is 0. The van der Waals surface area contributed by atoms with E-state index in [0.29, 0.717) is 10.6 Å². The van der Waals surface area contributed by atoms with Crippen molar-refractivity contribution in [2.75, 3.05) is 0 Å². The third kappa shape index (κ3) is 2.78. The van der Waals surface area contributed by atoms with Crippen LogP contribution in [0.15, 0.2) is 63.5 Å². The topological polar surface area (TPSA) is 58.6 Å². The van der Waals surface area contributed by atoms with E-state index in [9.17, 15) is 0 Å². The minimum absolute atomic E-state index is 0.0130. The van der Waals surface area contributed by atoms with Crippen molar-refractivity contribution in [2.24, 2.45) is 10.9 Å². The summed E-state index contributed by atoms with van der Waals surface area (Å²) in [6.07, 6.45) is 0. The number of hydrogen-bond acceptors (Lipinski definition) is 3. The van der Waals surface area contributed by atoms with Crippen LogP contribution in [-0.2, 0) is 0 Å². The second-order valence-corrected chi connectivity index (χ2v) is 5.04. The number of oxime groups is 1. The Kier molecular flexibility index (Phi) is 4.12. The van der Waals surface area contributed by atoms with E-state index in [1.807, 2.05) is 42.5 Å². The Morgan fingerprint density at radius 1 is 1.11 bits per heavy atom. The fourth-order valence-electron chi connectivity index (χ4n) is 1.50. The first kappa shape index (κ1) is 12.8. The van der Waals surface area contributed by atoms with Gasteiger partial charge in [-0.3, -0.25) is 0 Å². The number of benzene rings is 2. The molecule has 2 aromatic carbocycles. The van der Waals surface area contributed by atoms with Gasteiger partial charge in [0.15, 0.2) is 5.84 Å². The van der Waals surface area contributed by atoms with Gasteiger partial charge < -0.3 is 10.9 Å². The molecule has 0 fully saturated rings. The summed E-state index contributed by atoms with van der Waals surface area (Å²) in [6, 6.07) is 15.3. The maximum Gasteiger partial charge on any atom is 0.172 e. The van der Waals surface area contributed by atoms with E-state index < -0.39 is 0 Å². The fraction of sp³-hybridized carbons (Fsp3) is 0. The van der Waals surface area contributed by atoms with Crippen LogP contribution in [0.4, 0.5) is 0 Å². The van der Waals surface area contributed by atoms with Crippen LogP contribution in [0.5, 0.6) is 0 Å². The molecule has 0 aliphatic heterocycles. The molecule has 0 amide bonds. The number of nitrogens with zero attached hydrogens (tertiary/aromatic N) is 1. The Morgan fingerprint density at radius 2 is 1.83 bits per heavy atom. The van der Waals surface area contributed by atoms with Crippen LogP contribution in [0.2, 0.25) is 5.02 Å². The van der Waals surface area contributed by atoms with Crippen LogP contribution in [0.25, 0.3) is 0 Å². The van der Waals surface area contributed by atoms with Crippen LogP contribution < -0.4 is 5.73 Å². The van der Waals surface area contributed by atoms with Gasteiger partial charge in [-0.2, -0.15) is 0 Å². The molecule has 3 N–H and O–H groups in total. The van der Waals surface area contributed by atoms with E-state index in [-0.39, 0.29) is 5.84 Å². The van der Waals surface area contributed by atoms with Gasteiger partial charge in [0.05, 0.1) is 10.6 Å². The Morgan fingerprint density at radius 3 is 2.50 bits per heavy atom. The Hall–Kier alpha value is -1.65. The Balaban J connectivity index is 2.42. The third-order valence-corrected chi connectivity index (χ3v) is 3.69. The summed E-state index contributed by atoms with van der Waals surface area (Å²) in [5.41, 5.74) is 6.20. The summed E-state index contributed by atoms with van der Waals surface area (Å²) in [4.78, 5) is 1.91. The summed E-state index contributed by atoms with van der Waals surface area (Å²) < 4.78 is 0. The molecular formula is C13H11ClN2OS. The van der Waals surface area contributed by atoms with Gasteiger partial charge in [-0.1, -0.05) is 52.8 Å². The highest BCUT2D eigenvalue weighted by atomic mass is 35.5. The zero-order valence-corrected chi connectivity index (χ0v) is 10.9. The van der Waals surface area contributed by atoms with E-state index in [4.69, 9.17) is 22.5 Å². The standard InChI is InChI=1S/C13H11ClN2OS/c14-10-7-4-8-11(12(10)13(15)16-17)18-9-5-2-1-3-6-9/h1-8,17H,(H2,15,16).